The molecule has 0 spiro atoms. The standard InChI is InChI=1S/C16H23N5O/c1-4-10-21(11-5-2)15-12-17-20-16(19-15)18-13-6-8-14(22-3)9-7-13/h6-9,12H,4-5,10-11H2,1-3H3,(H,18,19,20). The number of hydrogen-bond donors (Lipinski definition) is 1. The number of nitrogens with zero attached hydrogens (tertiary/aromatic N) is 4. The van der Waals surface area contributed by atoms with Crippen molar-refractivity contribution in [2.75, 3.05) is 30.4 Å². The third kappa shape index (κ3) is 4.31. The van der Waals surface area contributed by atoms with E-state index in [-0.39, 0.29) is 0 Å². The molecule has 0 saturated carbocycles. The summed E-state index contributed by atoms with van der Waals surface area (Å²) in [7, 11) is 1.65. The van der Waals surface area contributed by atoms with Crippen LogP contribution in [0.5, 0.6) is 5.75 Å². The molecule has 0 fully saturated rings. The average molecular weight is 301 g/mol. The van der Waals surface area contributed by atoms with Gasteiger partial charge in [-0.15, -0.1) is 5.10 Å². The van der Waals surface area contributed by atoms with Gasteiger partial charge in [0.15, 0.2) is 5.82 Å². The van der Waals surface area contributed by atoms with Gasteiger partial charge in [0, 0.05) is 18.8 Å². The molecule has 0 aliphatic rings. The fourth-order valence-corrected chi connectivity index (χ4v) is 2.18. The zero-order valence-electron chi connectivity index (χ0n) is 13.4. The number of rotatable bonds is 8. The highest BCUT2D eigenvalue weighted by Crippen LogP contribution is 2.19. The fraction of sp³-hybridized carbons (Fsp3) is 0.438. The summed E-state index contributed by atoms with van der Waals surface area (Å²) in [5, 5.41) is 11.3. The van der Waals surface area contributed by atoms with Gasteiger partial charge in [0.1, 0.15) is 5.75 Å². The molecule has 0 radical (unpaired) electrons. The second-order valence-electron chi connectivity index (χ2n) is 4.98. The van der Waals surface area contributed by atoms with Crippen molar-refractivity contribution in [2.24, 2.45) is 0 Å². The van der Waals surface area contributed by atoms with Crippen molar-refractivity contribution in [1.29, 1.82) is 0 Å². The van der Waals surface area contributed by atoms with Crippen LogP contribution in [-0.2, 0) is 0 Å². The molecular weight excluding hydrogens is 278 g/mol. The number of benzene rings is 1. The predicted octanol–water partition coefficient (Wildman–Crippen LogP) is 3.25. The molecule has 0 saturated heterocycles. The van der Waals surface area contributed by atoms with E-state index in [0.717, 1.165) is 43.2 Å². The molecule has 6 heteroatoms. The van der Waals surface area contributed by atoms with Crippen LogP contribution in [0.25, 0.3) is 0 Å². The Labute approximate surface area is 131 Å². The van der Waals surface area contributed by atoms with Gasteiger partial charge in [-0.2, -0.15) is 10.1 Å². The van der Waals surface area contributed by atoms with Crippen molar-refractivity contribution in [3.05, 3.63) is 30.5 Å². The van der Waals surface area contributed by atoms with Crippen LogP contribution in [0.4, 0.5) is 17.5 Å². The van der Waals surface area contributed by atoms with Gasteiger partial charge < -0.3 is 15.0 Å². The van der Waals surface area contributed by atoms with Crippen molar-refractivity contribution in [3.63, 3.8) is 0 Å². The molecule has 0 amide bonds. The molecule has 0 bridgehead atoms. The molecule has 1 heterocycles. The second-order valence-corrected chi connectivity index (χ2v) is 4.98. The minimum absolute atomic E-state index is 0.500. The lowest BCUT2D eigenvalue weighted by Crippen LogP contribution is -2.26. The Hall–Kier alpha value is -2.37. The first-order chi connectivity index (χ1) is 10.8. The van der Waals surface area contributed by atoms with E-state index >= 15 is 0 Å². The molecule has 0 aliphatic heterocycles. The minimum atomic E-state index is 0.500. The van der Waals surface area contributed by atoms with E-state index in [2.05, 4.69) is 39.2 Å². The Kier molecular flexibility index (Phi) is 5.94. The summed E-state index contributed by atoms with van der Waals surface area (Å²) in [5.41, 5.74) is 0.900. The van der Waals surface area contributed by atoms with Crippen LogP contribution in [0, 0.1) is 0 Å². The fourth-order valence-electron chi connectivity index (χ4n) is 2.18. The zero-order valence-corrected chi connectivity index (χ0v) is 13.4. The van der Waals surface area contributed by atoms with E-state index < -0.39 is 0 Å². The molecule has 0 aliphatic carbocycles. The monoisotopic (exact) mass is 301 g/mol. The Morgan fingerprint density at radius 1 is 1.09 bits per heavy atom. The van der Waals surface area contributed by atoms with Crippen molar-refractivity contribution in [2.45, 2.75) is 26.7 Å². The molecule has 1 aromatic carbocycles. The van der Waals surface area contributed by atoms with Crippen LogP contribution >= 0.6 is 0 Å². The summed E-state index contributed by atoms with van der Waals surface area (Å²) in [5.74, 6) is 2.17. The van der Waals surface area contributed by atoms with E-state index in [4.69, 9.17) is 4.74 Å². The molecular formula is C16H23N5O. The summed E-state index contributed by atoms with van der Waals surface area (Å²) < 4.78 is 5.15. The van der Waals surface area contributed by atoms with Crippen LogP contribution in [0.1, 0.15) is 26.7 Å². The van der Waals surface area contributed by atoms with E-state index in [0.29, 0.717) is 5.95 Å². The summed E-state index contributed by atoms with van der Waals surface area (Å²) in [6, 6.07) is 7.62. The number of nitrogens with one attached hydrogen (secondary N) is 1. The van der Waals surface area contributed by atoms with Gasteiger partial charge in [0.2, 0.25) is 5.95 Å². The highest BCUT2D eigenvalue weighted by Gasteiger charge is 2.08. The number of anilines is 3. The van der Waals surface area contributed by atoms with Gasteiger partial charge >= 0.3 is 0 Å². The average Bonchev–Trinajstić information content (AvgIpc) is 2.56. The van der Waals surface area contributed by atoms with Crippen LogP contribution in [-0.4, -0.2) is 35.4 Å². The van der Waals surface area contributed by atoms with Gasteiger partial charge in [-0.25, -0.2) is 0 Å². The molecule has 0 unspecified atom stereocenters. The predicted molar refractivity (Wildman–Crippen MR) is 88.9 cm³/mol. The maximum Gasteiger partial charge on any atom is 0.249 e. The topological polar surface area (TPSA) is 63.2 Å². The van der Waals surface area contributed by atoms with Crippen molar-refractivity contribution >= 4 is 17.5 Å². The van der Waals surface area contributed by atoms with Crippen LogP contribution in [0.15, 0.2) is 30.5 Å². The van der Waals surface area contributed by atoms with Crippen LogP contribution in [0.3, 0.4) is 0 Å². The summed E-state index contributed by atoms with van der Waals surface area (Å²) in [6.45, 7) is 6.25. The van der Waals surface area contributed by atoms with E-state index in [1.807, 2.05) is 24.3 Å². The largest absolute Gasteiger partial charge is 0.497 e. The SMILES string of the molecule is CCCN(CCC)c1cnnc(Nc2ccc(OC)cc2)n1. The third-order valence-corrected chi connectivity index (χ3v) is 3.20. The van der Waals surface area contributed by atoms with E-state index in [9.17, 15) is 0 Å². The van der Waals surface area contributed by atoms with Crippen molar-refractivity contribution in [3.8, 4) is 5.75 Å². The van der Waals surface area contributed by atoms with Gasteiger partial charge in [0.25, 0.3) is 0 Å². The van der Waals surface area contributed by atoms with Crippen molar-refractivity contribution < 1.29 is 4.74 Å². The lowest BCUT2D eigenvalue weighted by atomic mass is 10.3. The zero-order chi connectivity index (χ0) is 15.8. The number of aromatic nitrogens is 3. The molecule has 1 N–H and O–H groups in total. The Balaban J connectivity index is 2.12. The molecule has 118 valence electrons. The molecule has 2 rings (SSSR count). The first-order valence-electron chi connectivity index (χ1n) is 7.62. The van der Waals surface area contributed by atoms with Gasteiger partial charge in [-0.1, -0.05) is 13.8 Å². The molecule has 1 aromatic heterocycles. The Morgan fingerprint density at radius 2 is 1.77 bits per heavy atom. The molecule has 2 aromatic rings. The molecule has 0 atom stereocenters. The quantitative estimate of drug-likeness (QED) is 0.807. The highest BCUT2D eigenvalue weighted by molar-refractivity contribution is 5.55. The summed E-state index contributed by atoms with van der Waals surface area (Å²) >= 11 is 0. The third-order valence-electron chi connectivity index (χ3n) is 3.20. The van der Waals surface area contributed by atoms with Crippen LogP contribution in [0.2, 0.25) is 0 Å². The number of hydrogen-bond acceptors (Lipinski definition) is 6. The highest BCUT2D eigenvalue weighted by atomic mass is 16.5. The van der Waals surface area contributed by atoms with Crippen LogP contribution < -0.4 is 15.0 Å². The van der Waals surface area contributed by atoms with Gasteiger partial charge in [-0.05, 0) is 37.1 Å². The Morgan fingerprint density at radius 3 is 2.36 bits per heavy atom. The maximum atomic E-state index is 5.15. The minimum Gasteiger partial charge on any atom is -0.497 e. The van der Waals surface area contributed by atoms with E-state index in [1.54, 1.807) is 13.3 Å². The van der Waals surface area contributed by atoms with E-state index in [1.165, 1.54) is 0 Å². The smallest absolute Gasteiger partial charge is 0.249 e. The molecule has 6 nitrogen and oxygen atoms in total. The first-order valence-corrected chi connectivity index (χ1v) is 7.62. The normalized spacial score (nSPS) is 10.3. The lowest BCUT2D eigenvalue weighted by molar-refractivity contribution is 0.415. The second kappa shape index (κ2) is 8.17. The number of ether oxygens (including phenoxy) is 1. The summed E-state index contributed by atoms with van der Waals surface area (Å²) in [6.07, 6.45) is 3.86. The van der Waals surface area contributed by atoms with Gasteiger partial charge in [-0.3, -0.25) is 0 Å². The lowest BCUT2D eigenvalue weighted by Gasteiger charge is -2.22. The molecule has 22 heavy (non-hydrogen) atoms. The first kappa shape index (κ1) is 16.0. The number of methoxy groups -OCH3 is 1. The van der Waals surface area contributed by atoms with Gasteiger partial charge in [0.05, 0.1) is 13.3 Å². The Bertz CT molecular complexity index is 567. The maximum absolute atomic E-state index is 5.15. The summed E-state index contributed by atoms with van der Waals surface area (Å²) in [4.78, 5) is 6.79. The van der Waals surface area contributed by atoms with Crippen molar-refractivity contribution in [1.82, 2.24) is 15.2 Å².